The molecular weight excluding hydrogens is 308 g/mol. The first-order valence-electron chi connectivity index (χ1n) is 7.68. The van der Waals surface area contributed by atoms with Gasteiger partial charge < -0.3 is 20.8 Å². The number of carbonyl (C=O) groups is 2. The van der Waals surface area contributed by atoms with E-state index in [0.717, 1.165) is 11.1 Å². The highest BCUT2D eigenvalue weighted by Crippen LogP contribution is 2.16. The third kappa shape index (κ3) is 3.65. The van der Waals surface area contributed by atoms with Gasteiger partial charge in [-0.25, -0.2) is 0 Å². The van der Waals surface area contributed by atoms with Gasteiger partial charge in [-0.1, -0.05) is 24.3 Å². The van der Waals surface area contributed by atoms with Gasteiger partial charge in [0.25, 0.3) is 0 Å². The zero-order valence-electron chi connectivity index (χ0n) is 12.9. The minimum atomic E-state index is -0.667. The van der Waals surface area contributed by atoms with E-state index in [0.29, 0.717) is 12.8 Å². The van der Waals surface area contributed by atoms with Crippen LogP contribution in [0.15, 0.2) is 48.5 Å². The van der Waals surface area contributed by atoms with E-state index in [9.17, 15) is 19.8 Å². The molecule has 6 nitrogen and oxygen atoms in total. The van der Waals surface area contributed by atoms with Gasteiger partial charge in [0.15, 0.2) is 0 Å². The first-order chi connectivity index (χ1) is 11.5. The number of nitrogens with one attached hydrogen (secondary N) is 2. The number of hydrogen-bond acceptors (Lipinski definition) is 4. The summed E-state index contributed by atoms with van der Waals surface area (Å²) in [6.07, 6.45) is 0.621. The Kier molecular flexibility index (Phi) is 4.37. The smallest absolute Gasteiger partial charge is 0.243 e. The molecule has 0 aliphatic carbocycles. The fraction of sp³-hybridized carbons (Fsp3) is 0.222. The number of aromatic hydroxyl groups is 2. The summed E-state index contributed by atoms with van der Waals surface area (Å²) in [5.74, 6) is -0.278. The molecule has 0 unspecified atom stereocenters. The van der Waals surface area contributed by atoms with Crippen molar-refractivity contribution in [2.45, 2.75) is 24.9 Å². The van der Waals surface area contributed by atoms with Crippen LogP contribution in [0, 0.1) is 0 Å². The fourth-order valence-electron chi connectivity index (χ4n) is 2.80. The van der Waals surface area contributed by atoms with E-state index in [-0.39, 0.29) is 23.3 Å². The van der Waals surface area contributed by atoms with Gasteiger partial charge in [-0.3, -0.25) is 9.59 Å². The quantitative estimate of drug-likeness (QED) is 0.670. The SMILES string of the molecule is O=C1N[C@H](Cc2cccc(O)c2)C(=O)N[C@H]1Cc1cccc(O)c1. The summed E-state index contributed by atoms with van der Waals surface area (Å²) < 4.78 is 0. The molecule has 0 spiro atoms. The number of hydrogen-bond donors (Lipinski definition) is 4. The van der Waals surface area contributed by atoms with Crippen LogP contribution in [0.5, 0.6) is 11.5 Å². The van der Waals surface area contributed by atoms with Crippen LogP contribution in [0.4, 0.5) is 0 Å². The molecule has 6 heteroatoms. The van der Waals surface area contributed by atoms with E-state index in [1.807, 2.05) is 0 Å². The van der Waals surface area contributed by atoms with Gasteiger partial charge in [0.2, 0.25) is 11.8 Å². The number of carbonyl (C=O) groups excluding carboxylic acids is 2. The lowest BCUT2D eigenvalue weighted by atomic mass is 9.98. The molecule has 1 aliphatic heterocycles. The maximum absolute atomic E-state index is 12.3. The molecule has 0 aromatic heterocycles. The third-order valence-electron chi connectivity index (χ3n) is 3.97. The molecule has 2 atom stereocenters. The zero-order chi connectivity index (χ0) is 17.1. The number of piperazine rings is 1. The van der Waals surface area contributed by atoms with Crippen molar-refractivity contribution in [3.05, 3.63) is 59.7 Å². The van der Waals surface area contributed by atoms with Crippen LogP contribution in [0.25, 0.3) is 0 Å². The van der Waals surface area contributed by atoms with Crippen molar-refractivity contribution in [3.63, 3.8) is 0 Å². The van der Waals surface area contributed by atoms with Crippen LogP contribution in [-0.4, -0.2) is 34.1 Å². The lowest BCUT2D eigenvalue weighted by molar-refractivity contribution is -0.136. The molecule has 4 N–H and O–H groups in total. The molecule has 1 saturated heterocycles. The molecule has 2 aromatic rings. The second kappa shape index (κ2) is 6.62. The van der Waals surface area contributed by atoms with Gasteiger partial charge >= 0.3 is 0 Å². The van der Waals surface area contributed by atoms with E-state index in [1.54, 1.807) is 48.5 Å². The molecule has 2 aromatic carbocycles. The van der Waals surface area contributed by atoms with Gasteiger partial charge in [0, 0.05) is 12.8 Å². The second-order valence-corrected chi connectivity index (χ2v) is 5.87. The Bertz CT molecular complexity index is 710. The van der Waals surface area contributed by atoms with Crippen molar-refractivity contribution in [1.29, 1.82) is 0 Å². The average Bonchev–Trinajstić information content (AvgIpc) is 2.52. The second-order valence-electron chi connectivity index (χ2n) is 5.87. The predicted molar refractivity (Wildman–Crippen MR) is 87.5 cm³/mol. The first kappa shape index (κ1) is 15.9. The molecule has 0 bridgehead atoms. The minimum absolute atomic E-state index is 0.122. The molecule has 124 valence electrons. The third-order valence-corrected chi connectivity index (χ3v) is 3.97. The molecule has 3 rings (SSSR count). The van der Waals surface area contributed by atoms with E-state index in [2.05, 4.69) is 10.6 Å². The van der Waals surface area contributed by atoms with Crippen molar-refractivity contribution in [1.82, 2.24) is 10.6 Å². The standard InChI is InChI=1S/C18H18N2O4/c21-13-5-1-3-11(7-13)9-15-17(23)20-16(18(24)19-15)10-12-4-2-6-14(22)8-12/h1-8,15-16,21-22H,9-10H2,(H,19,24)(H,20,23)/t15-,16+. The Hall–Kier alpha value is -3.02. The van der Waals surface area contributed by atoms with Gasteiger partial charge in [-0.05, 0) is 35.4 Å². The van der Waals surface area contributed by atoms with E-state index >= 15 is 0 Å². The number of benzene rings is 2. The normalized spacial score (nSPS) is 20.3. The maximum Gasteiger partial charge on any atom is 0.243 e. The molecule has 1 aliphatic rings. The lowest BCUT2D eigenvalue weighted by Gasteiger charge is -2.29. The maximum atomic E-state index is 12.3. The Labute approximate surface area is 139 Å². The van der Waals surface area contributed by atoms with Gasteiger partial charge in [0.05, 0.1) is 0 Å². The minimum Gasteiger partial charge on any atom is -0.508 e. The van der Waals surface area contributed by atoms with Crippen LogP contribution in [0.3, 0.4) is 0 Å². The molecule has 1 heterocycles. The molecular formula is C18H18N2O4. The molecule has 2 amide bonds. The lowest BCUT2D eigenvalue weighted by Crippen LogP contribution is -2.62. The molecule has 0 saturated carbocycles. The van der Waals surface area contributed by atoms with Crippen LogP contribution in [0.2, 0.25) is 0 Å². The van der Waals surface area contributed by atoms with Crippen molar-refractivity contribution in [2.75, 3.05) is 0 Å². The topological polar surface area (TPSA) is 98.7 Å². The Morgan fingerprint density at radius 1 is 0.750 bits per heavy atom. The number of amides is 2. The summed E-state index contributed by atoms with van der Waals surface area (Å²) in [6, 6.07) is 11.9. The van der Waals surface area contributed by atoms with Crippen LogP contribution in [0.1, 0.15) is 11.1 Å². The summed E-state index contributed by atoms with van der Waals surface area (Å²) in [5, 5.41) is 24.4. The Balaban J connectivity index is 1.66. The van der Waals surface area contributed by atoms with Crippen LogP contribution < -0.4 is 10.6 Å². The predicted octanol–water partition coefficient (Wildman–Crippen LogP) is 0.866. The zero-order valence-corrected chi connectivity index (χ0v) is 12.9. The highest BCUT2D eigenvalue weighted by molar-refractivity contribution is 5.97. The summed E-state index contributed by atoms with van der Waals surface area (Å²) in [6.45, 7) is 0. The van der Waals surface area contributed by atoms with E-state index < -0.39 is 12.1 Å². The highest BCUT2D eigenvalue weighted by Gasteiger charge is 2.33. The van der Waals surface area contributed by atoms with Gasteiger partial charge in [-0.15, -0.1) is 0 Å². The number of rotatable bonds is 4. The summed E-state index contributed by atoms with van der Waals surface area (Å²) in [4.78, 5) is 24.5. The van der Waals surface area contributed by atoms with Gasteiger partial charge in [-0.2, -0.15) is 0 Å². The number of phenols is 2. The van der Waals surface area contributed by atoms with Crippen LogP contribution in [-0.2, 0) is 22.4 Å². The summed E-state index contributed by atoms with van der Waals surface area (Å²) in [7, 11) is 0. The fourth-order valence-corrected chi connectivity index (χ4v) is 2.80. The Morgan fingerprint density at radius 2 is 1.17 bits per heavy atom. The van der Waals surface area contributed by atoms with Gasteiger partial charge in [0.1, 0.15) is 23.6 Å². The molecule has 24 heavy (non-hydrogen) atoms. The van der Waals surface area contributed by atoms with E-state index in [4.69, 9.17) is 0 Å². The molecule has 0 radical (unpaired) electrons. The van der Waals surface area contributed by atoms with Crippen molar-refractivity contribution < 1.29 is 19.8 Å². The average molecular weight is 326 g/mol. The van der Waals surface area contributed by atoms with Crippen molar-refractivity contribution in [2.24, 2.45) is 0 Å². The highest BCUT2D eigenvalue weighted by atomic mass is 16.3. The largest absolute Gasteiger partial charge is 0.508 e. The first-order valence-corrected chi connectivity index (χ1v) is 7.68. The monoisotopic (exact) mass is 326 g/mol. The van der Waals surface area contributed by atoms with Crippen molar-refractivity contribution >= 4 is 11.8 Å². The van der Waals surface area contributed by atoms with Crippen LogP contribution >= 0.6 is 0 Å². The van der Waals surface area contributed by atoms with E-state index in [1.165, 1.54) is 0 Å². The Morgan fingerprint density at radius 3 is 1.54 bits per heavy atom. The number of phenolic OH excluding ortho intramolecular Hbond substituents is 2. The molecule has 1 fully saturated rings. The summed E-state index contributed by atoms with van der Waals surface area (Å²) >= 11 is 0. The summed E-state index contributed by atoms with van der Waals surface area (Å²) in [5.41, 5.74) is 1.53. The van der Waals surface area contributed by atoms with Crippen molar-refractivity contribution in [3.8, 4) is 11.5 Å².